The highest BCUT2D eigenvalue weighted by atomic mass is 16.2. The number of fused-ring (bicyclic) bond motifs is 1. The number of nitrogens with zero attached hydrogens (tertiary/aromatic N) is 6. The average Bonchev–Trinajstić information content (AvgIpc) is 3.09. The molecule has 4 amide bonds. The second-order valence-corrected chi connectivity index (χ2v) is 6.18. The monoisotopic (exact) mass is 358 g/mol. The van der Waals surface area contributed by atoms with Gasteiger partial charge in [-0.3, -0.25) is 19.4 Å². The van der Waals surface area contributed by atoms with E-state index in [4.69, 9.17) is 5.73 Å². The molecule has 1 fully saturated rings. The summed E-state index contributed by atoms with van der Waals surface area (Å²) in [4.78, 5) is 43.3. The molecule has 3 rings (SSSR count). The Morgan fingerprint density at radius 1 is 1.42 bits per heavy atom. The summed E-state index contributed by atoms with van der Waals surface area (Å²) in [6, 6.07) is 0.392. The Bertz CT molecular complexity index is 896. The van der Waals surface area contributed by atoms with Crippen LogP contribution in [-0.2, 0) is 9.59 Å². The third-order valence-electron chi connectivity index (χ3n) is 4.23. The molecule has 10 heteroatoms. The minimum absolute atomic E-state index is 0.283. The molecule has 1 aromatic rings. The first-order valence-corrected chi connectivity index (χ1v) is 8.00. The molecular weight excluding hydrogens is 338 g/mol. The van der Waals surface area contributed by atoms with Gasteiger partial charge in [0.25, 0.3) is 5.91 Å². The number of amidine groups is 1. The van der Waals surface area contributed by atoms with Crippen molar-refractivity contribution >= 4 is 29.6 Å². The molecule has 136 valence electrons. The van der Waals surface area contributed by atoms with Crippen molar-refractivity contribution in [1.82, 2.24) is 19.6 Å². The predicted octanol–water partition coefficient (Wildman–Crippen LogP) is -0.937. The van der Waals surface area contributed by atoms with E-state index in [1.54, 1.807) is 15.3 Å². The lowest BCUT2D eigenvalue weighted by molar-refractivity contribution is -0.527. The number of primary amides is 1. The molecule has 0 saturated carbocycles. The molecule has 1 saturated heterocycles. The van der Waals surface area contributed by atoms with Crippen molar-refractivity contribution in [3.05, 3.63) is 30.1 Å². The summed E-state index contributed by atoms with van der Waals surface area (Å²) in [7, 11) is 1.50. The van der Waals surface area contributed by atoms with Crippen LogP contribution in [0.1, 0.15) is 11.4 Å². The van der Waals surface area contributed by atoms with Gasteiger partial charge < -0.3 is 5.73 Å². The number of carbonyl (C=O) groups is 3. The fourth-order valence-corrected chi connectivity index (χ4v) is 3.13. The number of imide groups is 1. The first-order valence-electron chi connectivity index (χ1n) is 8.00. The number of aromatic nitrogens is 2. The molecular formula is C16H20N7O3+. The Kier molecular flexibility index (Phi) is 4.18. The molecule has 2 N–H and O–H groups in total. The van der Waals surface area contributed by atoms with E-state index in [-0.39, 0.29) is 5.84 Å². The number of urea groups is 1. The smallest absolute Gasteiger partial charge is 0.368 e. The van der Waals surface area contributed by atoms with E-state index in [9.17, 15) is 14.4 Å². The summed E-state index contributed by atoms with van der Waals surface area (Å²) in [5.41, 5.74) is 6.82. The lowest BCUT2D eigenvalue weighted by Gasteiger charge is -2.33. The molecule has 1 aromatic heterocycles. The maximum absolute atomic E-state index is 12.9. The van der Waals surface area contributed by atoms with Gasteiger partial charge in [-0.25, -0.2) is 9.37 Å². The van der Waals surface area contributed by atoms with E-state index in [1.165, 1.54) is 11.9 Å². The molecule has 26 heavy (non-hydrogen) atoms. The van der Waals surface area contributed by atoms with Crippen molar-refractivity contribution < 1.29 is 19.0 Å². The largest absolute Gasteiger partial charge is 0.421 e. The normalized spacial score (nSPS) is 19.8. The first kappa shape index (κ1) is 17.5. The summed E-state index contributed by atoms with van der Waals surface area (Å²) in [5.74, 6) is -0.616. The number of hydrogen-bond donors (Lipinski definition) is 1. The summed E-state index contributed by atoms with van der Waals surface area (Å²) < 4.78 is 3.31. The van der Waals surface area contributed by atoms with Crippen LogP contribution in [0.25, 0.3) is 0 Å². The minimum atomic E-state index is -0.853. The zero-order valence-corrected chi connectivity index (χ0v) is 14.8. The maximum atomic E-state index is 12.9. The van der Waals surface area contributed by atoms with Crippen LogP contribution in [0.15, 0.2) is 23.7 Å². The van der Waals surface area contributed by atoms with Gasteiger partial charge in [0.2, 0.25) is 17.8 Å². The van der Waals surface area contributed by atoms with E-state index in [2.05, 4.69) is 16.7 Å². The van der Waals surface area contributed by atoms with Gasteiger partial charge in [0.15, 0.2) is 0 Å². The molecule has 0 aliphatic carbocycles. The average molecular weight is 358 g/mol. The Morgan fingerprint density at radius 3 is 2.65 bits per heavy atom. The Hall–Kier alpha value is -3.30. The van der Waals surface area contributed by atoms with Crippen molar-refractivity contribution in [3.8, 4) is 0 Å². The topological polar surface area (TPSA) is 117 Å². The number of aliphatic imine (C=N–C) groups is 1. The molecule has 0 aromatic carbocycles. The highest BCUT2D eigenvalue weighted by Gasteiger charge is 2.53. The molecule has 10 nitrogen and oxygen atoms in total. The van der Waals surface area contributed by atoms with E-state index in [1.807, 2.05) is 19.9 Å². The number of aryl methyl sites for hydroxylation is 2. The second-order valence-electron chi connectivity index (χ2n) is 6.18. The van der Waals surface area contributed by atoms with Gasteiger partial charge in [-0.1, -0.05) is 17.6 Å². The fraction of sp³-hybridized carbons (Fsp3) is 0.375. The van der Waals surface area contributed by atoms with Crippen molar-refractivity contribution in [3.63, 3.8) is 0 Å². The van der Waals surface area contributed by atoms with Gasteiger partial charge in [0.1, 0.15) is 12.2 Å². The van der Waals surface area contributed by atoms with Gasteiger partial charge in [-0.15, -0.1) is 9.78 Å². The lowest BCUT2D eigenvalue weighted by atomic mass is 10.1. The summed E-state index contributed by atoms with van der Waals surface area (Å²) in [6.07, 6.45) is 1.63. The lowest BCUT2D eigenvalue weighted by Crippen LogP contribution is -2.64. The Morgan fingerprint density at radius 2 is 2.12 bits per heavy atom. The minimum Gasteiger partial charge on any atom is -0.368 e. The highest BCUT2D eigenvalue weighted by molar-refractivity contribution is 6.23. The predicted molar refractivity (Wildman–Crippen MR) is 92.7 cm³/mol. The van der Waals surface area contributed by atoms with E-state index in [0.717, 1.165) is 16.3 Å². The van der Waals surface area contributed by atoms with Gasteiger partial charge in [-0.2, -0.15) is 0 Å². The number of nitrogens with two attached hydrogens (primary N) is 1. The van der Waals surface area contributed by atoms with Gasteiger partial charge >= 0.3 is 12.0 Å². The van der Waals surface area contributed by atoms with Crippen LogP contribution in [-0.4, -0.2) is 80.0 Å². The number of carbonyl (C=O) groups excluding carboxylic acids is 3. The van der Waals surface area contributed by atoms with E-state index < -0.39 is 30.4 Å². The zero-order chi connectivity index (χ0) is 19.2. The number of rotatable bonds is 4. The van der Waals surface area contributed by atoms with Crippen LogP contribution >= 0.6 is 0 Å². The van der Waals surface area contributed by atoms with Crippen molar-refractivity contribution in [1.29, 1.82) is 0 Å². The number of hydrogen-bond acceptors (Lipinski definition) is 5. The van der Waals surface area contributed by atoms with Crippen LogP contribution in [0.5, 0.6) is 0 Å². The van der Waals surface area contributed by atoms with Gasteiger partial charge in [0, 0.05) is 7.05 Å². The molecule has 1 unspecified atom stereocenters. The number of likely N-dealkylation sites (N-methyl/N-ethyl adjacent to an activating group) is 1. The summed E-state index contributed by atoms with van der Waals surface area (Å²) >= 11 is 0. The van der Waals surface area contributed by atoms with Crippen LogP contribution in [0, 0.1) is 13.8 Å². The molecule has 1 atom stereocenters. The van der Waals surface area contributed by atoms with Crippen LogP contribution in [0.2, 0.25) is 0 Å². The van der Waals surface area contributed by atoms with Gasteiger partial charge in [-0.05, 0) is 19.9 Å². The molecule has 2 aliphatic heterocycles. The molecule has 0 bridgehead atoms. The van der Waals surface area contributed by atoms with Crippen LogP contribution < -0.4 is 5.73 Å². The van der Waals surface area contributed by atoms with Gasteiger partial charge in [0.05, 0.1) is 12.2 Å². The quantitative estimate of drug-likeness (QED) is 0.552. The number of amides is 4. The third-order valence-corrected chi connectivity index (χ3v) is 4.23. The Labute approximate surface area is 149 Å². The zero-order valence-electron chi connectivity index (χ0n) is 14.8. The SMILES string of the molecule is C=CC[N+]1=C(n2nc(C)cc2C)N=C2C1C(=O)N(CC(N)=O)C(=O)N2C. The van der Waals surface area contributed by atoms with Crippen molar-refractivity contribution in [2.24, 2.45) is 10.7 Å². The molecule has 0 radical (unpaired) electrons. The molecule has 0 spiro atoms. The van der Waals surface area contributed by atoms with Crippen molar-refractivity contribution in [2.45, 2.75) is 19.9 Å². The van der Waals surface area contributed by atoms with E-state index in [0.29, 0.717) is 12.5 Å². The van der Waals surface area contributed by atoms with Crippen molar-refractivity contribution in [2.75, 3.05) is 20.1 Å². The highest BCUT2D eigenvalue weighted by Crippen LogP contribution is 2.21. The summed E-state index contributed by atoms with van der Waals surface area (Å²) in [6.45, 7) is 7.28. The van der Waals surface area contributed by atoms with Crippen LogP contribution in [0.4, 0.5) is 4.79 Å². The Balaban J connectivity index is 2.14. The maximum Gasteiger partial charge on any atom is 0.421 e. The van der Waals surface area contributed by atoms with E-state index >= 15 is 0 Å². The molecule has 3 heterocycles. The molecule has 2 aliphatic rings. The fourth-order valence-electron chi connectivity index (χ4n) is 3.13. The first-order chi connectivity index (χ1) is 12.3. The second kappa shape index (κ2) is 6.21. The summed E-state index contributed by atoms with van der Waals surface area (Å²) in [5, 5.41) is 4.41. The standard InChI is InChI=1S/C16H19N7O3/c1-5-6-21-12-13(18-15(21)23-10(3)7-9(2)19-23)20(4)16(26)22(14(12)25)8-11(17)24/h5,7,12H,1,6,8H2,2-4H3,(H-,17,24)/p+1. The third kappa shape index (κ3) is 2.59. The van der Waals surface area contributed by atoms with Crippen LogP contribution in [0.3, 0.4) is 0 Å².